The Morgan fingerprint density at radius 1 is 1.00 bits per heavy atom. The smallest absolute Gasteiger partial charge is 0.227 e. The first-order valence-corrected chi connectivity index (χ1v) is 8.37. The summed E-state index contributed by atoms with van der Waals surface area (Å²) in [6.45, 7) is 3.67. The van der Waals surface area contributed by atoms with Gasteiger partial charge in [-0.1, -0.05) is 24.3 Å². The van der Waals surface area contributed by atoms with E-state index >= 15 is 0 Å². The zero-order valence-corrected chi connectivity index (χ0v) is 14.0. The van der Waals surface area contributed by atoms with Crippen LogP contribution in [0.15, 0.2) is 54.6 Å². The summed E-state index contributed by atoms with van der Waals surface area (Å²) in [4.78, 5) is 11.5. The number of halogens is 1. The van der Waals surface area contributed by atoms with Gasteiger partial charge in [0.05, 0.1) is 0 Å². The second kappa shape index (κ2) is 6.51. The molecule has 0 aliphatic carbocycles. The third-order valence-electron chi connectivity index (χ3n) is 4.37. The monoisotopic (exact) mass is 334 g/mol. The van der Waals surface area contributed by atoms with Gasteiger partial charge in [0.15, 0.2) is 0 Å². The molecule has 0 atom stereocenters. The standard InChI is InChI=1S/C20H19FN4/c1-14-12-19(23-18-8-6-17(21)7-9-18)24-20(22-14)25-11-10-15-4-2-3-5-16(15)13-25/h2-9,12H,10-11,13H2,1H3,(H,22,23,24). The topological polar surface area (TPSA) is 41.1 Å². The van der Waals surface area contributed by atoms with Gasteiger partial charge in [-0.3, -0.25) is 0 Å². The van der Waals surface area contributed by atoms with Crippen molar-refractivity contribution in [3.8, 4) is 0 Å². The molecule has 0 fully saturated rings. The number of benzene rings is 2. The Bertz CT molecular complexity index is 892. The van der Waals surface area contributed by atoms with Gasteiger partial charge in [-0.25, -0.2) is 9.37 Å². The highest BCUT2D eigenvalue weighted by Crippen LogP contribution is 2.24. The minimum atomic E-state index is -0.253. The van der Waals surface area contributed by atoms with Crippen molar-refractivity contribution >= 4 is 17.5 Å². The van der Waals surface area contributed by atoms with Crippen molar-refractivity contribution in [2.24, 2.45) is 0 Å². The Labute approximate surface area is 146 Å². The van der Waals surface area contributed by atoms with Crippen LogP contribution in [0.3, 0.4) is 0 Å². The van der Waals surface area contributed by atoms with Crippen LogP contribution in [0.5, 0.6) is 0 Å². The van der Waals surface area contributed by atoms with Crippen LogP contribution in [-0.4, -0.2) is 16.5 Å². The average Bonchev–Trinajstić information content (AvgIpc) is 2.63. The second-order valence-corrected chi connectivity index (χ2v) is 6.27. The maximum absolute atomic E-state index is 13.1. The molecule has 0 unspecified atom stereocenters. The molecular formula is C20H19FN4. The van der Waals surface area contributed by atoms with Crippen LogP contribution < -0.4 is 10.2 Å². The highest BCUT2D eigenvalue weighted by atomic mass is 19.1. The van der Waals surface area contributed by atoms with Crippen LogP contribution in [0, 0.1) is 12.7 Å². The van der Waals surface area contributed by atoms with Gasteiger partial charge in [0, 0.05) is 30.5 Å². The number of anilines is 3. The average molecular weight is 334 g/mol. The molecule has 0 radical (unpaired) electrons. The molecule has 0 saturated heterocycles. The van der Waals surface area contributed by atoms with Crippen molar-refractivity contribution in [2.45, 2.75) is 19.9 Å². The van der Waals surface area contributed by atoms with Crippen LogP contribution in [0.25, 0.3) is 0 Å². The minimum absolute atomic E-state index is 0.253. The van der Waals surface area contributed by atoms with Crippen LogP contribution in [0.1, 0.15) is 16.8 Å². The van der Waals surface area contributed by atoms with Gasteiger partial charge in [0.25, 0.3) is 0 Å². The molecule has 1 aliphatic heterocycles. The van der Waals surface area contributed by atoms with Gasteiger partial charge in [-0.05, 0) is 48.7 Å². The van der Waals surface area contributed by atoms with Crippen molar-refractivity contribution in [1.29, 1.82) is 0 Å². The van der Waals surface area contributed by atoms with Crippen molar-refractivity contribution in [2.75, 3.05) is 16.8 Å². The van der Waals surface area contributed by atoms with Crippen molar-refractivity contribution in [1.82, 2.24) is 9.97 Å². The van der Waals surface area contributed by atoms with Crippen LogP contribution in [-0.2, 0) is 13.0 Å². The molecule has 2 aromatic carbocycles. The SMILES string of the molecule is Cc1cc(Nc2ccc(F)cc2)nc(N2CCc3ccccc3C2)n1. The normalized spacial score (nSPS) is 13.4. The summed E-state index contributed by atoms with van der Waals surface area (Å²) in [5.41, 5.74) is 4.42. The number of fused-ring (bicyclic) bond motifs is 1. The van der Waals surface area contributed by atoms with E-state index in [0.29, 0.717) is 5.82 Å². The maximum atomic E-state index is 13.1. The molecule has 4 nitrogen and oxygen atoms in total. The second-order valence-electron chi connectivity index (χ2n) is 6.27. The van der Waals surface area contributed by atoms with E-state index in [0.717, 1.165) is 36.8 Å². The fourth-order valence-corrected chi connectivity index (χ4v) is 3.11. The van der Waals surface area contributed by atoms with Crippen LogP contribution >= 0.6 is 0 Å². The number of nitrogens with zero attached hydrogens (tertiary/aromatic N) is 3. The van der Waals surface area contributed by atoms with E-state index in [9.17, 15) is 4.39 Å². The highest BCUT2D eigenvalue weighted by molar-refractivity contribution is 5.58. The predicted octanol–water partition coefficient (Wildman–Crippen LogP) is 4.23. The summed E-state index contributed by atoms with van der Waals surface area (Å²) in [5.74, 6) is 1.18. The summed E-state index contributed by atoms with van der Waals surface area (Å²) in [5, 5.41) is 3.23. The third-order valence-corrected chi connectivity index (χ3v) is 4.37. The first-order chi connectivity index (χ1) is 12.2. The first-order valence-electron chi connectivity index (χ1n) is 8.37. The zero-order valence-electron chi connectivity index (χ0n) is 14.0. The Hall–Kier alpha value is -2.95. The minimum Gasteiger partial charge on any atom is -0.340 e. The van der Waals surface area contributed by atoms with Crippen LogP contribution in [0.2, 0.25) is 0 Å². The summed E-state index contributed by atoms with van der Waals surface area (Å²) >= 11 is 0. The van der Waals surface area contributed by atoms with E-state index in [4.69, 9.17) is 0 Å². The van der Waals surface area contributed by atoms with Gasteiger partial charge in [0.2, 0.25) is 5.95 Å². The molecule has 4 rings (SSSR count). The number of aromatic nitrogens is 2. The predicted molar refractivity (Wildman–Crippen MR) is 97.6 cm³/mol. The molecule has 0 amide bonds. The lowest BCUT2D eigenvalue weighted by molar-refractivity contribution is 0.628. The maximum Gasteiger partial charge on any atom is 0.227 e. The Morgan fingerprint density at radius 3 is 2.56 bits per heavy atom. The highest BCUT2D eigenvalue weighted by Gasteiger charge is 2.18. The van der Waals surface area contributed by atoms with E-state index in [1.54, 1.807) is 12.1 Å². The molecule has 0 spiro atoms. The van der Waals surface area contributed by atoms with E-state index in [1.807, 2.05) is 13.0 Å². The molecule has 1 N–H and O–H groups in total. The molecule has 1 aromatic heterocycles. The van der Waals surface area contributed by atoms with Gasteiger partial charge >= 0.3 is 0 Å². The van der Waals surface area contributed by atoms with Crippen LogP contribution in [0.4, 0.5) is 21.8 Å². The summed E-state index contributed by atoms with van der Waals surface area (Å²) in [6.07, 6.45) is 0.994. The lowest BCUT2D eigenvalue weighted by Crippen LogP contribution is -2.32. The Kier molecular flexibility index (Phi) is 4.06. The zero-order chi connectivity index (χ0) is 17.2. The molecule has 0 bridgehead atoms. The molecule has 126 valence electrons. The first kappa shape index (κ1) is 15.6. The molecular weight excluding hydrogens is 315 g/mol. The number of hydrogen-bond donors (Lipinski definition) is 1. The lowest BCUT2D eigenvalue weighted by Gasteiger charge is -2.29. The van der Waals surface area contributed by atoms with Gasteiger partial charge in [0.1, 0.15) is 11.6 Å². The number of aryl methyl sites for hydroxylation is 1. The van der Waals surface area contributed by atoms with E-state index < -0.39 is 0 Å². The third kappa shape index (κ3) is 3.45. The van der Waals surface area contributed by atoms with Crippen molar-refractivity contribution in [3.05, 3.63) is 77.2 Å². The summed E-state index contributed by atoms with van der Waals surface area (Å²) < 4.78 is 13.1. The Morgan fingerprint density at radius 2 is 1.76 bits per heavy atom. The summed E-state index contributed by atoms with van der Waals surface area (Å²) in [7, 11) is 0. The number of hydrogen-bond acceptors (Lipinski definition) is 4. The molecule has 0 saturated carbocycles. The largest absolute Gasteiger partial charge is 0.340 e. The number of nitrogens with one attached hydrogen (secondary N) is 1. The van der Waals surface area contributed by atoms with Crippen molar-refractivity contribution in [3.63, 3.8) is 0 Å². The summed E-state index contributed by atoms with van der Waals surface area (Å²) in [6, 6.07) is 16.7. The number of rotatable bonds is 3. The molecule has 3 aromatic rings. The van der Waals surface area contributed by atoms with Gasteiger partial charge in [-0.2, -0.15) is 4.98 Å². The molecule has 1 aliphatic rings. The van der Waals surface area contributed by atoms with E-state index in [-0.39, 0.29) is 5.82 Å². The molecule has 2 heterocycles. The fraction of sp³-hybridized carbons (Fsp3) is 0.200. The van der Waals surface area contributed by atoms with Crippen molar-refractivity contribution < 1.29 is 4.39 Å². The molecule has 5 heteroatoms. The Balaban J connectivity index is 1.59. The van der Waals surface area contributed by atoms with E-state index in [2.05, 4.69) is 44.5 Å². The van der Waals surface area contributed by atoms with Gasteiger partial charge < -0.3 is 10.2 Å². The lowest BCUT2D eigenvalue weighted by atomic mass is 10.0. The van der Waals surface area contributed by atoms with E-state index in [1.165, 1.54) is 23.3 Å². The quantitative estimate of drug-likeness (QED) is 0.778. The molecule has 25 heavy (non-hydrogen) atoms. The van der Waals surface area contributed by atoms with Gasteiger partial charge in [-0.15, -0.1) is 0 Å². The fourth-order valence-electron chi connectivity index (χ4n) is 3.11.